The average molecular weight is 192 g/mol. The van der Waals surface area contributed by atoms with E-state index < -0.39 is 0 Å². The van der Waals surface area contributed by atoms with Gasteiger partial charge in [0.2, 0.25) is 0 Å². The third-order valence-electron chi connectivity index (χ3n) is 2.15. The molecule has 1 rings (SSSR count). The van der Waals surface area contributed by atoms with Crippen molar-refractivity contribution in [1.29, 1.82) is 0 Å². The molecule has 1 aromatic carbocycles. The first kappa shape index (κ1) is 10.8. The molecule has 0 spiro atoms. The molecule has 0 saturated heterocycles. The van der Waals surface area contributed by atoms with E-state index in [1.165, 1.54) is 0 Å². The number of aryl methyl sites for hydroxylation is 1. The molecule has 0 N–H and O–H groups in total. The van der Waals surface area contributed by atoms with Crippen molar-refractivity contribution in [2.75, 3.05) is 6.61 Å². The highest BCUT2D eigenvalue weighted by Crippen LogP contribution is 2.21. The van der Waals surface area contributed by atoms with Crippen molar-refractivity contribution >= 4 is 5.78 Å². The number of carbonyl (C=O) groups excluding carboxylic acids is 1. The van der Waals surface area contributed by atoms with Crippen LogP contribution in [0.25, 0.3) is 0 Å². The minimum absolute atomic E-state index is 0.0774. The standard InChI is InChI=1S/C12H16O2/c1-4-10-6-7-11(9(3)13)8-12(10)14-5-2/h6-8H,4-5H2,1-3H3. The molecular weight excluding hydrogens is 176 g/mol. The maximum atomic E-state index is 11.1. The summed E-state index contributed by atoms with van der Waals surface area (Å²) in [6.45, 7) is 6.22. The molecule has 0 unspecified atom stereocenters. The van der Waals surface area contributed by atoms with Gasteiger partial charge in [0, 0.05) is 5.56 Å². The van der Waals surface area contributed by atoms with Crippen molar-refractivity contribution in [3.8, 4) is 5.75 Å². The minimum atomic E-state index is 0.0774. The Hall–Kier alpha value is -1.31. The smallest absolute Gasteiger partial charge is 0.159 e. The Kier molecular flexibility index (Phi) is 3.69. The van der Waals surface area contributed by atoms with Gasteiger partial charge in [-0.05, 0) is 31.9 Å². The second-order valence-corrected chi connectivity index (χ2v) is 3.17. The van der Waals surface area contributed by atoms with Gasteiger partial charge in [0.15, 0.2) is 5.78 Å². The van der Waals surface area contributed by atoms with E-state index in [-0.39, 0.29) is 5.78 Å². The summed E-state index contributed by atoms with van der Waals surface area (Å²) in [4.78, 5) is 11.1. The molecule has 0 bridgehead atoms. The van der Waals surface area contributed by atoms with Gasteiger partial charge in [0.05, 0.1) is 6.61 Å². The van der Waals surface area contributed by atoms with Gasteiger partial charge in [-0.25, -0.2) is 0 Å². The molecule has 0 fully saturated rings. The molecule has 76 valence electrons. The van der Waals surface area contributed by atoms with Gasteiger partial charge in [-0.2, -0.15) is 0 Å². The van der Waals surface area contributed by atoms with Gasteiger partial charge in [0.25, 0.3) is 0 Å². The van der Waals surface area contributed by atoms with Crippen molar-refractivity contribution in [3.05, 3.63) is 29.3 Å². The Morgan fingerprint density at radius 3 is 2.57 bits per heavy atom. The Morgan fingerprint density at radius 1 is 1.36 bits per heavy atom. The monoisotopic (exact) mass is 192 g/mol. The van der Waals surface area contributed by atoms with Crippen molar-refractivity contribution in [2.24, 2.45) is 0 Å². The molecule has 0 aromatic heterocycles. The summed E-state index contributed by atoms with van der Waals surface area (Å²) >= 11 is 0. The summed E-state index contributed by atoms with van der Waals surface area (Å²) in [6, 6.07) is 5.64. The number of ether oxygens (including phenoxy) is 1. The molecule has 0 aliphatic carbocycles. The van der Waals surface area contributed by atoms with Crippen LogP contribution in [0.3, 0.4) is 0 Å². The normalized spacial score (nSPS) is 9.93. The summed E-state index contributed by atoms with van der Waals surface area (Å²) in [5.74, 6) is 0.913. The number of carbonyl (C=O) groups is 1. The zero-order valence-electron chi connectivity index (χ0n) is 8.96. The third-order valence-corrected chi connectivity index (χ3v) is 2.15. The van der Waals surface area contributed by atoms with E-state index in [0.717, 1.165) is 17.7 Å². The van der Waals surface area contributed by atoms with Crippen LogP contribution in [0.2, 0.25) is 0 Å². The summed E-state index contributed by atoms with van der Waals surface area (Å²) in [6.07, 6.45) is 0.924. The molecule has 0 atom stereocenters. The Labute approximate surface area is 84.9 Å². The van der Waals surface area contributed by atoms with Crippen molar-refractivity contribution < 1.29 is 9.53 Å². The predicted molar refractivity (Wildman–Crippen MR) is 57.0 cm³/mol. The molecule has 14 heavy (non-hydrogen) atoms. The number of benzene rings is 1. The van der Waals surface area contributed by atoms with Crippen LogP contribution in [-0.2, 0) is 6.42 Å². The Balaban J connectivity index is 3.07. The topological polar surface area (TPSA) is 26.3 Å². The highest BCUT2D eigenvalue weighted by atomic mass is 16.5. The van der Waals surface area contributed by atoms with Crippen LogP contribution in [0.15, 0.2) is 18.2 Å². The molecule has 0 saturated carbocycles. The van der Waals surface area contributed by atoms with E-state index in [1.54, 1.807) is 6.92 Å². The quantitative estimate of drug-likeness (QED) is 0.686. The number of hydrogen-bond donors (Lipinski definition) is 0. The molecule has 1 aromatic rings. The van der Waals surface area contributed by atoms with Crippen molar-refractivity contribution in [3.63, 3.8) is 0 Å². The Bertz CT molecular complexity index is 329. The van der Waals surface area contributed by atoms with Crippen LogP contribution >= 0.6 is 0 Å². The molecule has 0 heterocycles. The molecule has 2 nitrogen and oxygen atoms in total. The summed E-state index contributed by atoms with van der Waals surface area (Å²) in [7, 11) is 0. The first-order valence-corrected chi connectivity index (χ1v) is 4.95. The van der Waals surface area contributed by atoms with E-state index >= 15 is 0 Å². The fourth-order valence-corrected chi connectivity index (χ4v) is 1.36. The van der Waals surface area contributed by atoms with E-state index in [0.29, 0.717) is 12.2 Å². The molecule has 2 heteroatoms. The largest absolute Gasteiger partial charge is 0.494 e. The maximum absolute atomic E-state index is 11.1. The molecule has 0 aliphatic heterocycles. The Morgan fingerprint density at radius 2 is 2.07 bits per heavy atom. The number of ketones is 1. The highest BCUT2D eigenvalue weighted by Gasteiger charge is 2.05. The third kappa shape index (κ3) is 2.34. The van der Waals surface area contributed by atoms with Crippen LogP contribution in [0.4, 0.5) is 0 Å². The number of rotatable bonds is 4. The molecular formula is C12H16O2. The van der Waals surface area contributed by atoms with Crippen LogP contribution in [0, 0.1) is 0 Å². The lowest BCUT2D eigenvalue weighted by Gasteiger charge is -2.09. The zero-order valence-corrected chi connectivity index (χ0v) is 8.96. The first-order valence-electron chi connectivity index (χ1n) is 4.95. The lowest BCUT2D eigenvalue weighted by Crippen LogP contribution is -1.99. The number of hydrogen-bond acceptors (Lipinski definition) is 2. The summed E-state index contributed by atoms with van der Waals surface area (Å²) in [5, 5.41) is 0. The van der Waals surface area contributed by atoms with E-state index in [9.17, 15) is 4.79 Å². The second kappa shape index (κ2) is 4.80. The second-order valence-electron chi connectivity index (χ2n) is 3.17. The van der Waals surface area contributed by atoms with Crippen LogP contribution < -0.4 is 4.74 Å². The van der Waals surface area contributed by atoms with Crippen LogP contribution in [-0.4, -0.2) is 12.4 Å². The van der Waals surface area contributed by atoms with Crippen LogP contribution in [0.5, 0.6) is 5.75 Å². The molecule has 0 radical (unpaired) electrons. The van der Waals surface area contributed by atoms with E-state index in [4.69, 9.17) is 4.74 Å². The van der Waals surface area contributed by atoms with Gasteiger partial charge in [-0.3, -0.25) is 4.79 Å². The molecule has 0 amide bonds. The maximum Gasteiger partial charge on any atom is 0.159 e. The highest BCUT2D eigenvalue weighted by molar-refractivity contribution is 5.94. The summed E-state index contributed by atoms with van der Waals surface area (Å²) < 4.78 is 5.47. The fourth-order valence-electron chi connectivity index (χ4n) is 1.36. The predicted octanol–water partition coefficient (Wildman–Crippen LogP) is 2.85. The van der Waals surface area contributed by atoms with Crippen LogP contribution in [0.1, 0.15) is 36.7 Å². The number of Topliss-reactive ketones (excluding diaryl/α,β-unsaturated/α-hetero) is 1. The van der Waals surface area contributed by atoms with E-state index in [2.05, 4.69) is 6.92 Å². The van der Waals surface area contributed by atoms with Gasteiger partial charge in [-0.1, -0.05) is 19.1 Å². The van der Waals surface area contributed by atoms with Gasteiger partial charge in [0.1, 0.15) is 5.75 Å². The fraction of sp³-hybridized carbons (Fsp3) is 0.417. The summed E-state index contributed by atoms with van der Waals surface area (Å²) in [5.41, 5.74) is 1.86. The SMILES string of the molecule is CCOc1cc(C(C)=O)ccc1CC. The zero-order chi connectivity index (χ0) is 10.6. The molecule has 0 aliphatic rings. The van der Waals surface area contributed by atoms with Crippen molar-refractivity contribution in [2.45, 2.75) is 27.2 Å². The first-order chi connectivity index (χ1) is 6.69. The van der Waals surface area contributed by atoms with E-state index in [1.807, 2.05) is 25.1 Å². The lowest BCUT2D eigenvalue weighted by atomic mass is 10.1. The minimum Gasteiger partial charge on any atom is -0.494 e. The van der Waals surface area contributed by atoms with Gasteiger partial charge in [-0.15, -0.1) is 0 Å². The average Bonchev–Trinajstić information content (AvgIpc) is 2.18. The van der Waals surface area contributed by atoms with Gasteiger partial charge >= 0.3 is 0 Å². The lowest BCUT2D eigenvalue weighted by molar-refractivity contribution is 0.101. The van der Waals surface area contributed by atoms with Gasteiger partial charge < -0.3 is 4.74 Å². The van der Waals surface area contributed by atoms with Crippen molar-refractivity contribution in [1.82, 2.24) is 0 Å².